The van der Waals surface area contributed by atoms with Crippen LogP contribution in [0.2, 0.25) is 0 Å². The van der Waals surface area contributed by atoms with Crippen LogP contribution in [0.15, 0.2) is 12.3 Å². The van der Waals surface area contributed by atoms with E-state index in [1.54, 1.807) is 0 Å². The summed E-state index contributed by atoms with van der Waals surface area (Å²) in [5.41, 5.74) is 8.25. The van der Waals surface area contributed by atoms with Crippen LogP contribution in [0.4, 0.5) is 5.82 Å². The molecule has 20 heavy (non-hydrogen) atoms. The lowest BCUT2D eigenvalue weighted by molar-refractivity contribution is -0.0228. The Morgan fingerprint density at radius 1 is 1.40 bits per heavy atom. The highest BCUT2D eigenvalue weighted by atomic mass is 16.5. The van der Waals surface area contributed by atoms with Crippen LogP contribution in [-0.2, 0) is 4.74 Å². The Hall–Kier alpha value is -1.17. The minimum Gasteiger partial charge on any atom is -0.383 e. The van der Waals surface area contributed by atoms with Crippen LogP contribution < -0.4 is 11.1 Å². The zero-order chi connectivity index (χ0) is 14.8. The number of morpholine rings is 1. The average Bonchev–Trinajstić information content (AvgIpc) is 2.44. The highest BCUT2D eigenvalue weighted by molar-refractivity contribution is 5.44. The van der Waals surface area contributed by atoms with Gasteiger partial charge in [-0.3, -0.25) is 4.90 Å². The standard InChI is InChI=1S/C15H26N4O/c1-11-9-12(14(16)18-10-11)13(17-4)15(2,3)19-5-7-20-8-6-19/h9-10,13,17H,5-8H2,1-4H3,(H2,16,18). The molecule has 1 aromatic heterocycles. The maximum absolute atomic E-state index is 6.10. The number of anilines is 1. The van der Waals surface area contributed by atoms with Gasteiger partial charge in [-0.1, -0.05) is 0 Å². The molecule has 0 spiro atoms. The quantitative estimate of drug-likeness (QED) is 0.870. The average molecular weight is 278 g/mol. The third-order valence-electron chi connectivity index (χ3n) is 4.22. The summed E-state index contributed by atoms with van der Waals surface area (Å²) in [5.74, 6) is 0.608. The molecule has 0 amide bonds. The number of ether oxygens (including phenoxy) is 1. The van der Waals surface area contributed by atoms with E-state index in [0.29, 0.717) is 5.82 Å². The summed E-state index contributed by atoms with van der Waals surface area (Å²) in [7, 11) is 1.98. The van der Waals surface area contributed by atoms with Crippen molar-refractivity contribution in [3.8, 4) is 0 Å². The van der Waals surface area contributed by atoms with Crippen molar-refractivity contribution in [2.75, 3.05) is 39.1 Å². The topological polar surface area (TPSA) is 63.4 Å². The van der Waals surface area contributed by atoms with Crippen LogP contribution in [0.5, 0.6) is 0 Å². The molecule has 1 atom stereocenters. The molecule has 1 saturated heterocycles. The molecule has 1 fully saturated rings. The van der Waals surface area contributed by atoms with E-state index in [0.717, 1.165) is 37.4 Å². The van der Waals surface area contributed by atoms with E-state index in [1.165, 1.54) is 0 Å². The molecule has 1 aliphatic heterocycles. The van der Waals surface area contributed by atoms with Gasteiger partial charge in [-0.15, -0.1) is 0 Å². The highest BCUT2D eigenvalue weighted by Crippen LogP contribution is 2.33. The number of nitrogens with two attached hydrogens (primary N) is 1. The summed E-state index contributed by atoms with van der Waals surface area (Å²) < 4.78 is 5.46. The van der Waals surface area contributed by atoms with E-state index in [-0.39, 0.29) is 11.6 Å². The van der Waals surface area contributed by atoms with Crippen molar-refractivity contribution in [1.29, 1.82) is 0 Å². The summed E-state index contributed by atoms with van der Waals surface area (Å²) in [6, 6.07) is 2.26. The molecule has 112 valence electrons. The van der Waals surface area contributed by atoms with Crippen LogP contribution in [0.1, 0.15) is 31.0 Å². The molecule has 5 nitrogen and oxygen atoms in total. The van der Waals surface area contributed by atoms with Gasteiger partial charge in [0, 0.05) is 30.4 Å². The summed E-state index contributed by atoms with van der Waals surface area (Å²) in [6.07, 6.45) is 1.81. The van der Waals surface area contributed by atoms with E-state index in [9.17, 15) is 0 Å². The number of likely N-dealkylation sites (N-methyl/N-ethyl adjacent to an activating group) is 1. The predicted octanol–water partition coefficient (Wildman–Crippen LogP) is 1.34. The lowest BCUT2D eigenvalue weighted by atomic mass is 9.86. The third kappa shape index (κ3) is 2.95. The van der Waals surface area contributed by atoms with Crippen molar-refractivity contribution in [2.45, 2.75) is 32.4 Å². The number of aryl methyl sites for hydroxylation is 1. The Morgan fingerprint density at radius 3 is 2.65 bits per heavy atom. The second-order valence-electron chi connectivity index (χ2n) is 5.96. The minimum absolute atomic E-state index is 0.0534. The second kappa shape index (κ2) is 6.08. The summed E-state index contributed by atoms with van der Waals surface area (Å²) in [4.78, 5) is 6.76. The van der Waals surface area contributed by atoms with Gasteiger partial charge in [-0.2, -0.15) is 0 Å². The fraction of sp³-hybridized carbons (Fsp3) is 0.667. The van der Waals surface area contributed by atoms with Gasteiger partial charge in [0.05, 0.1) is 19.3 Å². The first kappa shape index (κ1) is 15.2. The molecule has 0 aliphatic carbocycles. The van der Waals surface area contributed by atoms with Gasteiger partial charge in [0.25, 0.3) is 0 Å². The SMILES string of the molecule is CNC(c1cc(C)cnc1N)C(C)(C)N1CCOCC1. The third-order valence-corrected chi connectivity index (χ3v) is 4.22. The smallest absolute Gasteiger partial charge is 0.128 e. The molecule has 3 N–H and O–H groups in total. The maximum Gasteiger partial charge on any atom is 0.128 e. The first-order valence-electron chi connectivity index (χ1n) is 7.19. The second-order valence-corrected chi connectivity index (χ2v) is 5.96. The number of hydrogen-bond acceptors (Lipinski definition) is 5. The van der Waals surface area contributed by atoms with E-state index < -0.39 is 0 Å². The molecule has 1 aromatic rings. The monoisotopic (exact) mass is 278 g/mol. The molecule has 1 unspecified atom stereocenters. The van der Waals surface area contributed by atoms with Crippen molar-refractivity contribution < 1.29 is 4.74 Å². The summed E-state index contributed by atoms with van der Waals surface area (Å²) in [5, 5.41) is 3.42. The van der Waals surface area contributed by atoms with Gasteiger partial charge in [0.1, 0.15) is 5.82 Å². The van der Waals surface area contributed by atoms with Crippen LogP contribution >= 0.6 is 0 Å². The molecule has 5 heteroatoms. The van der Waals surface area contributed by atoms with Gasteiger partial charge >= 0.3 is 0 Å². The highest BCUT2D eigenvalue weighted by Gasteiger charge is 2.37. The van der Waals surface area contributed by atoms with Gasteiger partial charge in [-0.25, -0.2) is 4.98 Å². The largest absolute Gasteiger partial charge is 0.383 e. The molecule has 2 rings (SSSR count). The van der Waals surface area contributed by atoms with E-state index in [2.05, 4.69) is 35.1 Å². The Bertz CT molecular complexity index is 455. The molecule has 2 heterocycles. The van der Waals surface area contributed by atoms with Crippen LogP contribution in [0, 0.1) is 6.92 Å². The van der Waals surface area contributed by atoms with Crippen molar-refractivity contribution in [1.82, 2.24) is 15.2 Å². The van der Waals surface area contributed by atoms with Crippen LogP contribution in [0.25, 0.3) is 0 Å². The van der Waals surface area contributed by atoms with Gasteiger partial charge in [0.2, 0.25) is 0 Å². The van der Waals surface area contributed by atoms with Gasteiger partial charge in [-0.05, 0) is 39.4 Å². The lowest BCUT2D eigenvalue weighted by Crippen LogP contribution is -2.55. The Balaban J connectivity index is 2.32. The van der Waals surface area contributed by atoms with Crippen LogP contribution in [-0.4, -0.2) is 48.8 Å². The molecule has 0 saturated carbocycles. The Kier molecular flexibility index (Phi) is 4.62. The number of hydrogen-bond donors (Lipinski definition) is 2. The number of nitrogen functional groups attached to an aromatic ring is 1. The Morgan fingerprint density at radius 2 is 2.05 bits per heavy atom. The van der Waals surface area contributed by atoms with Crippen molar-refractivity contribution in [3.63, 3.8) is 0 Å². The maximum atomic E-state index is 6.10. The predicted molar refractivity (Wildman–Crippen MR) is 81.7 cm³/mol. The molecule has 0 aromatic carbocycles. The summed E-state index contributed by atoms with van der Waals surface area (Å²) >= 11 is 0. The number of nitrogens with zero attached hydrogens (tertiary/aromatic N) is 2. The number of pyridine rings is 1. The Labute approximate surface area is 121 Å². The number of nitrogens with one attached hydrogen (secondary N) is 1. The van der Waals surface area contributed by atoms with E-state index in [1.807, 2.05) is 20.2 Å². The zero-order valence-electron chi connectivity index (χ0n) is 12.9. The van der Waals surface area contributed by atoms with E-state index >= 15 is 0 Å². The fourth-order valence-electron chi connectivity index (χ4n) is 3.05. The van der Waals surface area contributed by atoms with Crippen LogP contribution in [0.3, 0.4) is 0 Å². The molecular formula is C15H26N4O. The fourth-order valence-corrected chi connectivity index (χ4v) is 3.05. The molecule has 0 radical (unpaired) electrons. The molecule has 1 aliphatic rings. The molecular weight excluding hydrogens is 252 g/mol. The number of rotatable bonds is 4. The first-order chi connectivity index (χ1) is 9.46. The van der Waals surface area contributed by atoms with Crippen molar-refractivity contribution >= 4 is 5.82 Å². The minimum atomic E-state index is -0.0534. The summed E-state index contributed by atoms with van der Waals surface area (Å²) in [6.45, 7) is 10.0. The number of aromatic nitrogens is 1. The molecule has 0 bridgehead atoms. The zero-order valence-corrected chi connectivity index (χ0v) is 12.9. The van der Waals surface area contributed by atoms with E-state index in [4.69, 9.17) is 10.5 Å². The van der Waals surface area contributed by atoms with Crippen molar-refractivity contribution in [2.24, 2.45) is 0 Å². The first-order valence-corrected chi connectivity index (χ1v) is 7.19. The lowest BCUT2D eigenvalue weighted by Gasteiger charge is -2.46. The van der Waals surface area contributed by atoms with Crippen molar-refractivity contribution in [3.05, 3.63) is 23.4 Å². The van der Waals surface area contributed by atoms with Gasteiger partial charge < -0.3 is 15.8 Å². The van der Waals surface area contributed by atoms with Gasteiger partial charge in [0.15, 0.2) is 0 Å². The normalized spacial score (nSPS) is 19.0.